The van der Waals surface area contributed by atoms with E-state index in [1.165, 1.54) is 6.08 Å². The largest absolute Gasteiger partial charge is 0.325 e. The van der Waals surface area contributed by atoms with Gasteiger partial charge in [-0.25, -0.2) is 17.9 Å². The van der Waals surface area contributed by atoms with Crippen LogP contribution in [0.3, 0.4) is 0 Å². The first-order chi connectivity index (χ1) is 14.6. The fraction of sp³-hybridized carbons (Fsp3) is 0.476. The van der Waals surface area contributed by atoms with Crippen LogP contribution >= 0.6 is 0 Å². The second-order valence-electron chi connectivity index (χ2n) is 8.23. The number of rotatable bonds is 8. The number of amides is 4. The van der Waals surface area contributed by atoms with Gasteiger partial charge in [0.1, 0.15) is 12.1 Å². The van der Waals surface area contributed by atoms with Gasteiger partial charge in [0.2, 0.25) is 15.9 Å². The SMILES string of the molecule is C=CCNS(=O)(=O)Cc1ccc(NC(=O)CN2C(=O)NC3(CCC(C)CC3)C2=O)cc1. The fourth-order valence-corrected chi connectivity index (χ4v) is 5.00. The molecular formula is C21H28N4O5S. The zero-order chi connectivity index (χ0) is 22.6. The Morgan fingerprint density at radius 2 is 1.90 bits per heavy atom. The zero-order valence-electron chi connectivity index (χ0n) is 17.5. The van der Waals surface area contributed by atoms with Gasteiger partial charge < -0.3 is 10.6 Å². The average Bonchev–Trinajstić information content (AvgIpc) is 2.94. The van der Waals surface area contributed by atoms with Crippen molar-refractivity contribution in [1.29, 1.82) is 0 Å². The van der Waals surface area contributed by atoms with Crippen LogP contribution < -0.4 is 15.4 Å². The molecule has 0 atom stereocenters. The minimum Gasteiger partial charge on any atom is -0.325 e. The molecule has 1 saturated heterocycles. The Kier molecular flexibility index (Phi) is 6.80. The summed E-state index contributed by atoms with van der Waals surface area (Å²) in [6.07, 6.45) is 4.35. The Morgan fingerprint density at radius 1 is 1.26 bits per heavy atom. The van der Waals surface area contributed by atoms with E-state index in [0.29, 0.717) is 30.0 Å². The topological polar surface area (TPSA) is 125 Å². The van der Waals surface area contributed by atoms with Crippen LogP contribution in [0.1, 0.15) is 38.2 Å². The highest BCUT2D eigenvalue weighted by Gasteiger charge is 2.52. The van der Waals surface area contributed by atoms with Crippen LogP contribution in [0.15, 0.2) is 36.9 Å². The van der Waals surface area contributed by atoms with Crippen molar-refractivity contribution in [3.8, 4) is 0 Å². The first-order valence-electron chi connectivity index (χ1n) is 10.3. The van der Waals surface area contributed by atoms with E-state index in [1.54, 1.807) is 24.3 Å². The highest BCUT2D eigenvalue weighted by Crippen LogP contribution is 2.36. The predicted molar refractivity (Wildman–Crippen MR) is 117 cm³/mol. The molecule has 168 valence electrons. The molecule has 2 aliphatic rings. The van der Waals surface area contributed by atoms with Crippen LogP contribution in [0.2, 0.25) is 0 Å². The van der Waals surface area contributed by atoms with Crippen molar-refractivity contribution in [2.75, 3.05) is 18.4 Å². The molecule has 0 bridgehead atoms. The maximum Gasteiger partial charge on any atom is 0.325 e. The lowest BCUT2D eigenvalue weighted by Gasteiger charge is -2.33. The van der Waals surface area contributed by atoms with Gasteiger partial charge in [-0.2, -0.15) is 0 Å². The quantitative estimate of drug-likeness (QED) is 0.413. The minimum absolute atomic E-state index is 0.152. The Morgan fingerprint density at radius 3 is 2.52 bits per heavy atom. The number of nitrogens with zero attached hydrogens (tertiary/aromatic N) is 1. The smallest absolute Gasteiger partial charge is 0.325 e. The normalized spacial score (nSPS) is 23.6. The van der Waals surface area contributed by atoms with Crippen molar-refractivity contribution < 1.29 is 22.8 Å². The Hall–Kier alpha value is -2.72. The number of carbonyl (C=O) groups excluding carboxylic acids is 3. The van der Waals surface area contributed by atoms with Gasteiger partial charge in [-0.15, -0.1) is 6.58 Å². The molecule has 9 nitrogen and oxygen atoms in total. The van der Waals surface area contributed by atoms with Gasteiger partial charge in [-0.3, -0.25) is 14.5 Å². The summed E-state index contributed by atoms with van der Waals surface area (Å²) < 4.78 is 26.2. The number of hydrogen-bond donors (Lipinski definition) is 3. The predicted octanol–water partition coefficient (Wildman–Crippen LogP) is 1.73. The van der Waals surface area contributed by atoms with E-state index in [2.05, 4.69) is 28.9 Å². The highest BCUT2D eigenvalue weighted by molar-refractivity contribution is 7.88. The van der Waals surface area contributed by atoms with Crippen LogP contribution in [-0.2, 0) is 25.4 Å². The molecule has 0 aromatic heterocycles. The molecule has 1 aromatic carbocycles. The summed E-state index contributed by atoms with van der Waals surface area (Å²) >= 11 is 0. The molecule has 1 heterocycles. The lowest BCUT2D eigenvalue weighted by atomic mass is 9.77. The second-order valence-corrected chi connectivity index (χ2v) is 10.0. The van der Waals surface area contributed by atoms with Gasteiger partial charge in [0.25, 0.3) is 5.91 Å². The molecule has 2 fully saturated rings. The second kappa shape index (κ2) is 9.19. The number of imide groups is 1. The van der Waals surface area contributed by atoms with Crippen LogP contribution in [0.4, 0.5) is 10.5 Å². The summed E-state index contributed by atoms with van der Waals surface area (Å²) in [4.78, 5) is 38.5. The monoisotopic (exact) mass is 448 g/mol. The van der Waals surface area contributed by atoms with Crippen molar-refractivity contribution in [2.24, 2.45) is 5.92 Å². The highest BCUT2D eigenvalue weighted by atomic mass is 32.2. The van der Waals surface area contributed by atoms with Crippen molar-refractivity contribution in [3.05, 3.63) is 42.5 Å². The molecule has 10 heteroatoms. The van der Waals surface area contributed by atoms with Crippen molar-refractivity contribution in [1.82, 2.24) is 14.9 Å². The molecule has 1 aliphatic carbocycles. The van der Waals surface area contributed by atoms with Gasteiger partial charge in [-0.1, -0.05) is 25.1 Å². The van der Waals surface area contributed by atoms with E-state index in [-0.39, 0.29) is 24.7 Å². The Bertz CT molecular complexity index is 966. The van der Waals surface area contributed by atoms with E-state index < -0.39 is 27.5 Å². The van der Waals surface area contributed by atoms with Crippen LogP contribution in [-0.4, -0.2) is 49.8 Å². The van der Waals surface area contributed by atoms with Gasteiger partial charge in [0.05, 0.1) is 5.75 Å². The van der Waals surface area contributed by atoms with Gasteiger partial charge in [-0.05, 0) is 49.3 Å². The third-order valence-electron chi connectivity index (χ3n) is 5.72. The molecule has 1 spiro atoms. The number of carbonyl (C=O) groups is 3. The summed E-state index contributed by atoms with van der Waals surface area (Å²) in [5.41, 5.74) is 0.118. The number of hydrogen-bond acceptors (Lipinski definition) is 5. The number of urea groups is 1. The molecule has 31 heavy (non-hydrogen) atoms. The number of nitrogens with one attached hydrogen (secondary N) is 3. The first-order valence-corrected chi connectivity index (χ1v) is 11.9. The summed E-state index contributed by atoms with van der Waals surface area (Å²) in [7, 11) is -3.48. The molecule has 1 saturated carbocycles. The van der Waals surface area contributed by atoms with E-state index in [1.807, 2.05) is 0 Å². The van der Waals surface area contributed by atoms with Crippen LogP contribution in [0.25, 0.3) is 0 Å². The lowest BCUT2D eigenvalue weighted by molar-refractivity contribution is -0.135. The molecule has 4 amide bonds. The Balaban J connectivity index is 1.56. The van der Waals surface area contributed by atoms with Gasteiger partial charge >= 0.3 is 6.03 Å². The number of sulfonamides is 1. The van der Waals surface area contributed by atoms with Crippen molar-refractivity contribution in [2.45, 2.75) is 43.9 Å². The summed E-state index contributed by atoms with van der Waals surface area (Å²) in [6, 6.07) is 5.80. The fourth-order valence-electron chi connectivity index (χ4n) is 3.90. The number of benzene rings is 1. The standard InChI is InChI=1S/C21H28N4O5S/c1-3-12-22-31(29,30)14-16-4-6-17(7-5-16)23-18(26)13-25-19(27)21(24-20(25)28)10-8-15(2)9-11-21/h3-7,15,22H,1,8-14H2,2H3,(H,23,26)(H,24,28). The average molecular weight is 449 g/mol. The van der Waals surface area contributed by atoms with Crippen molar-refractivity contribution in [3.63, 3.8) is 0 Å². The van der Waals surface area contributed by atoms with E-state index in [0.717, 1.165) is 17.7 Å². The summed E-state index contributed by atoms with van der Waals surface area (Å²) in [5.74, 6) is -0.522. The third kappa shape index (κ3) is 5.50. The van der Waals surface area contributed by atoms with Crippen molar-refractivity contribution >= 4 is 33.6 Å². The molecule has 3 rings (SSSR count). The van der Waals surface area contributed by atoms with Gasteiger partial charge in [0.15, 0.2) is 0 Å². The van der Waals surface area contributed by atoms with E-state index in [9.17, 15) is 22.8 Å². The molecule has 1 aromatic rings. The summed E-state index contributed by atoms with van der Waals surface area (Å²) in [5, 5.41) is 5.43. The lowest BCUT2D eigenvalue weighted by Crippen LogP contribution is -2.49. The number of anilines is 1. The first kappa shape index (κ1) is 23.0. The van der Waals surface area contributed by atoms with Crippen LogP contribution in [0, 0.1) is 5.92 Å². The Labute approximate surface area is 182 Å². The van der Waals surface area contributed by atoms with E-state index in [4.69, 9.17) is 0 Å². The molecule has 1 aliphatic heterocycles. The van der Waals surface area contributed by atoms with Crippen LogP contribution in [0.5, 0.6) is 0 Å². The third-order valence-corrected chi connectivity index (χ3v) is 7.04. The minimum atomic E-state index is -3.48. The van der Waals surface area contributed by atoms with Gasteiger partial charge in [0, 0.05) is 12.2 Å². The maximum absolute atomic E-state index is 12.8. The molecule has 3 N–H and O–H groups in total. The molecule has 0 radical (unpaired) electrons. The van der Waals surface area contributed by atoms with E-state index >= 15 is 0 Å². The maximum atomic E-state index is 12.8. The molecular weight excluding hydrogens is 420 g/mol. The molecule has 0 unspecified atom stereocenters. The summed E-state index contributed by atoms with van der Waals surface area (Å²) in [6.45, 7) is 5.37. The zero-order valence-corrected chi connectivity index (χ0v) is 18.3.